The number of aryl methyl sites for hydroxylation is 1. The van der Waals surface area contributed by atoms with Gasteiger partial charge in [0.15, 0.2) is 5.76 Å². The van der Waals surface area contributed by atoms with E-state index in [1.807, 2.05) is 25.1 Å². The summed E-state index contributed by atoms with van der Waals surface area (Å²) in [5, 5.41) is 0.936. The maximum absolute atomic E-state index is 12.3. The molecule has 3 rings (SSSR count). The molecule has 3 nitrogen and oxygen atoms in total. The molecule has 0 saturated heterocycles. The van der Waals surface area contributed by atoms with Gasteiger partial charge in [-0.3, -0.25) is 9.78 Å². The summed E-state index contributed by atoms with van der Waals surface area (Å²) in [6, 6.07) is 9.33. The number of hydrogen-bond acceptors (Lipinski definition) is 3. The Bertz CT molecular complexity index is 777. The van der Waals surface area contributed by atoms with Crippen LogP contribution in [0.5, 0.6) is 0 Å². The van der Waals surface area contributed by atoms with Crippen LogP contribution in [0.1, 0.15) is 21.7 Å². The van der Waals surface area contributed by atoms with Crippen LogP contribution in [-0.2, 0) is 0 Å². The molecule has 94 valence electrons. The molecule has 0 aliphatic rings. The van der Waals surface area contributed by atoms with E-state index in [0.29, 0.717) is 11.3 Å². The fourth-order valence-corrected chi connectivity index (χ4v) is 2.32. The molecule has 2 aromatic heterocycles. The Kier molecular flexibility index (Phi) is 2.95. The molecule has 0 bridgehead atoms. The van der Waals surface area contributed by atoms with E-state index in [9.17, 15) is 4.79 Å². The molecule has 2 heterocycles. The summed E-state index contributed by atoms with van der Waals surface area (Å²) < 4.78 is 6.36. The van der Waals surface area contributed by atoms with Gasteiger partial charge in [0, 0.05) is 27.8 Å². The van der Waals surface area contributed by atoms with E-state index in [2.05, 4.69) is 20.9 Å². The van der Waals surface area contributed by atoms with E-state index in [4.69, 9.17) is 4.42 Å². The van der Waals surface area contributed by atoms with E-state index in [-0.39, 0.29) is 5.78 Å². The first-order valence-electron chi connectivity index (χ1n) is 5.79. The Morgan fingerprint density at radius 2 is 2.05 bits per heavy atom. The van der Waals surface area contributed by atoms with Crippen molar-refractivity contribution in [3.63, 3.8) is 0 Å². The van der Waals surface area contributed by atoms with E-state index in [1.165, 1.54) is 6.20 Å². The smallest absolute Gasteiger partial charge is 0.229 e. The highest BCUT2D eigenvalue weighted by molar-refractivity contribution is 9.10. The third kappa shape index (κ3) is 2.31. The zero-order valence-corrected chi connectivity index (χ0v) is 11.8. The first-order valence-corrected chi connectivity index (χ1v) is 6.58. The average Bonchev–Trinajstić information content (AvgIpc) is 2.80. The highest BCUT2D eigenvalue weighted by Gasteiger charge is 2.15. The summed E-state index contributed by atoms with van der Waals surface area (Å²) >= 11 is 3.30. The first-order chi connectivity index (χ1) is 9.13. The van der Waals surface area contributed by atoms with Crippen LogP contribution in [0.25, 0.3) is 11.0 Å². The average molecular weight is 316 g/mol. The van der Waals surface area contributed by atoms with Crippen molar-refractivity contribution < 1.29 is 9.21 Å². The number of nitrogens with zero attached hydrogens (tertiary/aromatic N) is 1. The van der Waals surface area contributed by atoms with E-state index >= 15 is 0 Å². The molecule has 0 aliphatic carbocycles. The van der Waals surface area contributed by atoms with Crippen LogP contribution in [-0.4, -0.2) is 10.8 Å². The Balaban J connectivity index is 2.06. The molecule has 0 fully saturated rings. The third-order valence-electron chi connectivity index (χ3n) is 2.86. The minimum Gasteiger partial charge on any atom is -0.453 e. The second-order valence-corrected chi connectivity index (χ2v) is 5.29. The highest BCUT2D eigenvalue weighted by Crippen LogP contribution is 2.23. The van der Waals surface area contributed by atoms with Gasteiger partial charge in [-0.25, -0.2) is 0 Å². The monoisotopic (exact) mass is 315 g/mol. The van der Waals surface area contributed by atoms with Crippen LogP contribution in [0, 0.1) is 6.92 Å². The zero-order chi connectivity index (χ0) is 13.4. The van der Waals surface area contributed by atoms with Crippen molar-refractivity contribution in [1.82, 2.24) is 4.98 Å². The lowest BCUT2D eigenvalue weighted by Crippen LogP contribution is -1.99. The second kappa shape index (κ2) is 4.63. The number of pyridine rings is 1. The number of benzene rings is 1. The predicted octanol–water partition coefficient (Wildman–Crippen LogP) is 4.13. The van der Waals surface area contributed by atoms with Crippen LogP contribution in [0.2, 0.25) is 0 Å². The summed E-state index contributed by atoms with van der Waals surface area (Å²) in [6.45, 7) is 2.01. The van der Waals surface area contributed by atoms with Gasteiger partial charge in [0.05, 0.1) is 0 Å². The molecule has 4 heteroatoms. The van der Waals surface area contributed by atoms with Crippen molar-refractivity contribution in [2.24, 2.45) is 0 Å². The van der Waals surface area contributed by atoms with Gasteiger partial charge in [-0.05, 0) is 47.1 Å². The Morgan fingerprint density at radius 1 is 1.21 bits per heavy atom. The fourth-order valence-electron chi connectivity index (χ4n) is 1.95. The minimum atomic E-state index is -0.164. The van der Waals surface area contributed by atoms with Gasteiger partial charge in [-0.1, -0.05) is 11.6 Å². The van der Waals surface area contributed by atoms with Crippen molar-refractivity contribution in [3.05, 3.63) is 64.1 Å². The topological polar surface area (TPSA) is 43.1 Å². The van der Waals surface area contributed by atoms with Crippen molar-refractivity contribution in [2.75, 3.05) is 0 Å². The molecule has 0 N–H and O–H groups in total. The number of fused-ring (bicyclic) bond motifs is 1. The van der Waals surface area contributed by atoms with Crippen LogP contribution in [0.3, 0.4) is 0 Å². The maximum Gasteiger partial charge on any atom is 0.229 e. The summed E-state index contributed by atoms with van der Waals surface area (Å²) in [5.74, 6) is 0.170. The number of hydrogen-bond donors (Lipinski definition) is 0. The predicted molar refractivity (Wildman–Crippen MR) is 76.3 cm³/mol. The molecule has 0 radical (unpaired) electrons. The van der Waals surface area contributed by atoms with Crippen LogP contribution < -0.4 is 0 Å². The lowest BCUT2D eigenvalue weighted by molar-refractivity contribution is 0.101. The molecule has 3 aromatic rings. The van der Waals surface area contributed by atoms with E-state index in [0.717, 1.165) is 21.0 Å². The Hall–Kier alpha value is -1.94. The number of rotatable bonds is 2. The van der Waals surface area contributed by atoms with Gasteiger partial charge in [-0.15, -0.1) is 0 Å². The van der Waals surface area contributed by atoms with Crippen LogP contribution in [0.15, 0.2) is 51.6 Å². The molecule has 0 spiro atoms. The van der Waals surface area contributed by atoms with Gasteiger partial charge in [0.1, 0.15) is 5.58 Å². The number of carbonyl (C=O) groups is 1. The standard InChI is InChI=1S/C15H10BrNO2/c1-9-2-3-13-10(4-9)6-14(19-13)15(18)11-5-12(16)8-17-7-11/h2-8H,1H3. The lowest BCUT2D eigenvalue weighted by Gasteiger charge is -1.97. The van der Waals surface area contributed by atoms with Gasteiger partial charge in [-0.2, -0.15) is 0 Å². The number of ketones is 1. The Labute approximate surface area is 118 Å². The summed E-state index contributed by atoms with van der Waals surface area (Å²) in [5.41, 5.74) is 2.36. The quantitative estimate of drug-likeness (QED) is 0.668. The van der Waals surface area contributed by atoms with Gasteiger partial charge >= 0.3 is 0 Å². The highest BCUT2D eigenvalue weighted by atomic mass is 79.9. The molecule has 0 amide bonds. The zero-order valence-electron chi connectivity index (χ0n) is 10.2. The SMILES string of the molecule is Cc1ccc2oc(C(=O)c3cncc(Br)c3)cc2c1. The van der Waals surface area contributed by atoms with E-state index < -0.39 is 0 Å². The van der Waals surface area contributed by atoms with Gasteiger partial charge in [0.25, 0.3) is 0 Å². The summed E-state index contributed by atoms with van der Waals surface area (Å²) in [7, 11) is 0. The van der Waals surface area contributed by atoms with Crippen molar-refractivity contribution in [2.45, 2.75) is 6.92 Å². The molecule has 0 saturated carbocycles. The molecule has 0 unspecified atom stereocenters. The number of furan rings is 1. The minimum absolute atomic E-state index is 0.164. The fraction of sp³-hybridized carbons (Fsp3) is 0.0667. The number of halogens is 1. The first kappa shape index (κ1) is 12.1. The van der Waals surface area contributed by atoms with Gasteiger partial charge in [0.2, 0.25) is 5.78 Å². The molecule has 1 aromatic carbocycles. The maximum atomic E-state index is 12.3. The molecular weight excluding hydrogens is 306 g/mol. The summed E-state index contributed by atoms with van der Waals surface area (Å²) in [4.78, 5) is 16.3. The van der Waals surface area contributed by atoms with Crippen molar-refractivity contribution in [3.8, 4) is 0 Å². The molecule has 0 aliphatic heterocycles. The largest absolute Gasteiger partial charge is 0.453 e. The lowest BCUT2D eigenvalue weighted by atomic mass is 10.1. The molecule has 0 atom stereocenters. The molecule has 19 heavy (non-hydrogen) atoms. The number of carbonyl (C=O) groups excluding carboxylic acids is 1. The second-order valence-electron chi connectivity index (χ2n) is 4.37. The van der Waals surface area contributed by atoms with Crippen molar-refractivity contribution in [1.29, 1.82) is 0 Å². The summed E-state index contributed by atoms with van der Waals surface area (Å²) in [6.07, 6.45) is 3.17. The third-order valence-corrected chi connectivity index (χ3v) is 3.30. The van der Waals surface area contributed by atoms with Crippen LogP contribution >= 0.6 is 15.9 Å². The van der Waals surface area contributed by atoms with Crippen LogP contribution in [0.4, 0.5) is 0 Å². The van der Waals surface area contributed by atoms with E-state index in [1.54, 1.807) is 18.3 Å². The Morgan fingerprint density at radius 3 is 2.84 bits per heavy atom. The molecular formula is C15H10BrNO2. The number of aromatic nitrogens is 1. The van der Waals surface area contributed by atoms with Crippen molar-refractivity contribution >= 4 is 32.7 Å². The normalized spacial score (nSPS) is 10.8. The van der Waals surface area contributed by atoms with Gasteiger partial charge < -0.3 is 4.42 Å².